The molecule has 0 aliphatic heterocycles. The van der Waals surface area contributed by atoms with E-state index in [1.54, 1.807) is 47.4 Å². The molecule has 0 spiro atoms. The van der Waals surface area contributed by atoms with Crippen LogP contribution in [0, 0.1) is 11.3 Å². The summed E-state index contributed by atoms with van der Waals surface area (Å²) < 4.78 is 5.39. The Labute approximate surface area is 187 Å². The van der Waals surface area contributed by atoms with Crippen LogP contribution in [0.15, 0.2) is 78.5 Å². The summed E-state index contributed by atoms with van der Waals surface area (Å²) in [6, 6.07) is 16.5. The number of allylic oxidation sites excluding steroid dienone is 2. The molecule has 2 unspecified atom stereocenters. The SMILES string of the molecule is COc1ccccc1C(=O)N(Cc1ccccc1)C1=CC(C(=O)O)(C(C)C)C(Cl)C=C1. The van der Waals surface area contributed by atoms with Crippen molar-refractivity contribution >= 4 is 23.5 Å². The van der Waals surface area contributed by atoms with E-state index in [0.29, 0.717) is 17.0 Å². The number of benzene rings is 2. The number of hydrogen-bond acceptors (Lipinski definition) is 3. The maximum Gasteiger partial charge on any atom is 0.315 e. The van der Waals surface area contributed by atoms with Gasteiger partial charge in [0.15, 0.2) is 0 Å². The molecule has 162 valence electrons. The van der Waals surface area contributed by atoms with Crippen LogP contribution in [0.25, 0.3) is 0 Å². The molecule has 0 saturated heterocycles. The molecule has 5 nitrogen and oxygen atoms in total. The fourth-order valence-corrected chi connectivity index (χ4v) is 4.29. The summed E-state index contributed by atoms with van der Waals surface area (Å²) in [7, 11) is 1.51. The van der Waals surface area contributed by atoms with Crippen LogP contribution in [0.1, 0.15) is 29.8 Å². The van der Waals surface area contributed by atoms with Gasteiger partial charge in [-0.15, -0.1) is 11.6 Å². The van der Waals surface area contributed by atoms with Crippen LogP contribution < -0.4 is 4.74 Å². The monoisotopic (exact) mass is 439 g/mol. The van der Waals surface area contributed by atoms with Gasteiger partial charge in [0.1, 0.15) is 11.2 Å². The van der Waals surface area contributed by atoms with E-state index in [2.05, 4.69) is 0 Å². The van der Waals surface area contributed by atoms with E-state index in [9.17, 15) is 14.7 Å². The van der Waals surface area contributed by atoms with Crippen molar-refractivity contribution in [2.24, 2.45) is 11.3 Å². The van der Waals surface area contributed by atoms with E-state index in [1.807, 2.05) is 44.2 Å². The van der Waals surface area contributed by atoms with Crippen molar-refractivity contribution in [2.45, 2.75) is 25.8 Å². The third kappa shape index (κ3) is 4.37. The van der Waals surface area contributed by atoms with Crippen molar-refractivity contribution in [1.82, 2.24) is 4.90 Å². The molecule has 3 rings (SSSR count). The summed E-state index contributed by atoms with van der Waals surface area (Å²) in [5.41, 5.74) is 0.474. The van der Waals surface area contributed by atoms with Gasteiger partial charge in [0.2, 0.25) is 0 Å². The van der Waals surface area contributed by atoms with Crippen LogP contribution in [-0.4, -0.2) is 34.4 Å². The van der Waals surface area contributed by atoms with Crippen LogP contribution in [0.4, 0.5) is 0 Å². The first kappa shape index (κ1) is 22.6. The topological polar surface area (TPSA) is 66.8 Å². The molecule has 2 aromatic carbocycles. The zero-order chi connectivity index (χ0) is 22.6. The summed E-state index contributed by atoms with van der Waals surface area (Å²) in [4.78, 5) is 27.5. The summed E-state index contributed by atoms with van der Waals surface area (Å²) in [5.74, 6) is -1.14. The number of alkyl halides is 1. The second kappa shape index (κ2) is 9.40. The zero-order valence-electron chi connectivity index (χ0n) is 17.8. The number of carbonyl (C=O) groups is 2. The molecule has 1 N–H and O–H groups in total. The Kier molecular flexibility index (Phi) is 6.86. The quantitative estimate of drug-likeness (QED) is 0.607. The molecule has 6 heteroatoms. The summed E-state index contributed by atoms with van der Waals surface area (Å²) in [5, 5.41) is 9.34. The van der Waals surface area contributed by atoms with Gasteiger partial charge in [-0.3, -0.25) is 9.59 Å². The largest absolute Gasteiger partial charge is 0.496 e. The summed E-state index contributed by atoms with van der Waals surface area (Å²) in [6.45, 7) is 3.91. The maximum atomic E-state index is 13.7. The third-order valence-corrected chi connectivity index (χ3v) is 6.19. The number of halogens is 1. The Balaban J connectivity index is 2.13. The first-order valence-corrected chi connectivity index (χ1v) is 10.5. The van der Waals surface area contributed by atoms with Crippen LogP contribution in [-0.2, 0) is 11.3 Å². The average molecular weight is 440 g/mol. The van der Waals surface area contributed by atoms with Crippen molar-refractivity contribution in [2.75, 3.05) is 7.11 Å². The van der Waals surface area contributed by atoms with Gasteiger partial charge >= 0.3 is 5.97 Å². The van der Waals surface area contributed by atoms with E-state index in [-0.39, 0.29) is 18.4 Å². The fourth-order valence-electron chi connectivity index (χ4n) is 3.81. The molecule has 0 heterocycles. The molecule has 0 aromatic heterocycles. The molecule has 0 saturated carbocycles. The number of carboxylic acids is 1. The zero-order valence-corrected chi connectivity index (χ0v) is 18.5. The molecule has 1 aliphatic carbocycles. The van der Waals surface area contributed by atoms with Crippen LogP contribution in [0.2, 0.25) is 0 Å². The molecule has 2 aromatic rings. The Morgan fingerprint density at radius 2 is 1.77 bits per heavy atom. The van der Waals surface area contributed by atoms with Gasteiger partial charge in [0.05, 0.1) is 24.6 Å². The number of ether oxygens (including phenoxy) is 1. The summed E-state index contributed by atoms with van der Waals surface area (Å²) >= 11 is 6.47. The summed E-state index contributed by atoms with van der Waals surface area (Å²) in [6.07, 6.45) is 4.99. The van der Waals surface area contributed by atoms with Crippen LogP contribution >= 0.6 is 11.6 Å². The van der Waals surface area contributed by atoms with Crippen molar-refractivity contribution in [3.8, 4) is 5.75 Å². The molecule has 2 atom stereocenters. The van der Waals surface area contributed by atoms with Crippen molar-refractivity contribution in [3.05, 3.63) is 89.6 Å². The number of methoxy groups -OCH3 is 1. The highest BCUT2D eigenvalue weighted by atomic mass is 35.5. The normalized spacial score (nSPS) is 20.3. The van der Waals surface area contributed by atoms with Gasteiger partial charge < -0.3 is 14.7 Å². The molecular formula is C25H26ClNO4. The number of rotatable bonds is 7. The molecule has 0 radical (unpaired) electrons. The third-order valence-electron chi connectivity index (χ3n) is 5.68. The predicted molar refractivity (Wildman–Crippen MR) is 121 cm³/mol. The second-order valence-electron chi connectivity index (χ2n) is 7.80. The van der Waals surface area contributed by atoms with Gasteiger partial charge in [-0.2, -0.15) is 0 Å². The van der Waals surface area contributed by atoms with Crippen molar-refractivity contribution < 1.29 is 19.4 Å². The van der Waals surface area contributed by atoms with Crippen molar-refractivity contribution in [3.63, 3.8) is 0 Å². The number of aliphatic carboxylic acids is 1. The minimum atomic E-state index is -1.33. The number of amides is 1. The van der Waals surface area contributed by atoms with E-state index in [1.165, 1.54) is 7.11 Å². The van der Waals surface area contributed by atoms with E-state index in [4.69, 9.17) is 16.3 Å². The Hall–Kier alpha value is -3.05. The lowest BCUT2D eigenvalue weighted by Gasteiger charge is -2.38. The minimum absolute atomic E-state index is 0.272. The van der Waals surface area contributed by atoms with Crippen LogP contribution in [0.5, 0.6) is 5.75 Å². The van der Waals surface area contributed by atoms with Crippen LogP contribution in [0.3, 0.4) is 0 Å². The number of hydrogen-bond donors (Lipinski definition) is 1. The molecule has 1 amide bonds. The first-order chi connectivity index (χ1) is 14.8. The molecule has 0 fully saturated rings. The van der Waals surface area contributed by atoms with E-state index >= 15 is 0 Å². The van der Waals surface area contributed by atoms with E-state index in [0.717, 1.165) is 5.56 Å². The standard InChI is InChI=1S/C25H26ClNO4/c1-17(2)25(24(29)30)15-19(13-14-22(25)26)27(16-18-9-5-4-6-10-18)23(28)20-11-7-8-12-21(20)31-3/h4-15,17,22H,16H2,1-3H3,(H,29,30). The molecule has 0 bridgehead atoms. The lowest BCUT2D eigenvalue weighted by Crippen LogP contribution is -2.45. The lowest BCUT2D eigenvalue weighted by molar-refractivity contribution is -0.148. The van der Waals surface area contributed by atoms with Gasteiger partial charge in [-0.25, -0.2) is 0 Å². The van der Waals surface area contributed by atoms with Gasteiger partial charge in [-0.05, 0) is 35.8 Å². The van der Waals surface area contributed by atoms with Gasteiger partial charge in [-0.1, -0.05) is 62.4 Å². The Bertz CT molecular complexity index is 1020. The minimum Gasteiger partial charge on any atom is -0.496 e. The Morgan fingerprint density at radius 1 is 1.13 bits per heavy atom. The highest BCUT2D eigenvalue weighted by Gasteiger charge is 2.47. The lowest BCUT2D eigenvalue weighted by atomic mass is 9.71. The highest BCUT2D eigenvalue weighted by molar-refractivity contribution is 6.24. The number of nitrogens with zero attached hydrogens (tertiary/aromatic N) is 1. The van der Waals surface area contributed by atoms with Gasteiger partial charge in [0, 0.05) is 5.70 Å². The fraction of sp³-hybridized carbons (Fsp3) is 0.280. The molecule has 1 aliphatic rings. The van der Waals surface area contributed by atoms with Crippen molar-refractivity contribution in [1.29, 1.82) is 0 Å². The first-order valence-electron chi connectivity index (χ1n) is 10.1. The number of carbonyl (C=O) groups excluding carboxylic acids is 1. The van der Waals surface area contributed by atoms with E-state index < -0.39 is 16.8 Å². The highest BCUT2D eigenvalue weighted by Crippen LogP contribution is 2.42. The maximum absolute atomic E-state index is 13.7. The Morgan fingerprint density at radius 3 is 2.39 bits per heavy atom. The van der Waals surface area contributed by atoms with Gasteiger partial charge in [0.25, 0.3) is 5.91 Å². The molecular weight excluding hydrogens is 414 g/mol. The molecule has 31 heavy (non-hydrogen) atoms. The second-order valence-corrected chi connectivity index (χ2v) is 8.27. The smallest absolute Gasteiger partial charge is 0.315 e. The average Bonchev–Trinajstić information content (AvgIpc) is 2.77. The number of para-hydroxylation sites is 1. The number of carboxylic acid groups (broad SMARTS) is 1. The predicted octanol–water partition coefficient (Wildman–Crippen LogP) is 5.13.